The molecule has 1 saturated heterocycles. The van der Waals surface area contributed by atoms with E-state index in [0.717, 1.165) is 43.4 Å². The van der Waals surface area contributed by atoms with E-state index in [1.807, 2.05) is 6.07 Å². The van der Waals surface area contributed by atoms with Crippen LogP contribution < -0.4 is 9.47 Å². The first-order valence-electron chi connectivity index (χ1n) is 14.0. The largest absolute Gasteiger partial charge is 0.493 e. The van der Waals surface area contributed by atoms with Crippen molar-refractivity contribution in [1.82, 2.24) is 4.90 Å². The van der Waals surface area contributed by atoms with Crippen molar-refractivity contribution in [3.05, 3.63) is 94.5 Å². The lowest BCUT2D eigenvalue weighted by atomic mass is 9.99. The third kappa shape index (κ3) is 6.91. The normalized spacial score (nSPS) is 16.5. The highest BCUT2D eigenvalue weighted by Gasteiger charge is 2.16. The van der Waals surface area contributed by atoms with Gasteiger partial charge in [-0.05, 0) is 79.1 Å². The van der Waals surface area contributed by atoms with E-state index < -0.39 is 0 Å². The van der Waals surface area contributed by atoms with Gasteiger partial charge in [0.2, 0.25) is 0 Å². The summed E-state index contributed by atoms with van der Waals surface area (Å²) in [5.41, 5.74) is 6.61. The standard InChI is InChI=1S/C33H41NO2/c1-26-21-29(13-14-31(26)24-34-18-7-8-19-34)22-30-15-16-32(36-25-28-11-3-2-4-12-28)23-33(30)35-20-17-27-9-5-6-10-27/h2-4,11-16,21,23,27H,5-10,17-20,22,24-25H2,1H3. The Balaban J connectivity index is 1.27. The van der Waals surface area contributed by atoms with Gasteiger partial charge in [0.25, 0.3) is 0 Å². The van der Waals surface area contributed by atoms with Crippen LogP contribution >= 0.6 is 0 Å². The molecule has 1 heterocycles. The summed E-state index contributed by atoms with van der Waals surface area (Å²) in [6, 6.07) is 23.7. The molecule has 3 aromatic carbocycles. The van der Waals surface area contributed by atoms with Crippen LogP contribution in [0.15, 0.2) is 66.7 Å². The maximum absolute atomic E-state index is 6.42. The minimum absolute atomic E-state index is 0.569. The predicted molar refractivity (Wildman–Crippen MR) is 148 cm³/mol. The second-order valence-corrected chi connectivity index (χ2v) is 10.8. The number of nitrogens with zero attached hydrogens (tertiary/aromatic N) is 1. The zero-order chi connectivity index (χ0) is 24.6. The van der Waals surface area contributed by atoms with Gasteiger partial charge >= 0.3 is 0 Å². The van der Waals surface area contributed by atoms with Crippen molar-refractivity contribution in [2.75, 3.05) is 19.7 Å². The van der Waals surface area contributed by atoms with Crippen LogP contribution in [0, 0.1) is 12.8 Å². The summed E-state index contributed by atoms with van der Waals surface area (Å²) in [5.74, 6) is 2.67. The zero-order valence-corrected chi connectivity index (χ0v) is 21.9. The lowest BCUT2D eigenvalue weighted by Gasteiger charge is -2.18. The monoisotopic (exact) mass is 483 g/mol. The van der Waals surface area contributed by atoms with Crippen molar-refractivity contribution in [2.45, 2.75) is 71.4 Å². The van der Waals surface area contributed by atoms with Crippen LogP contribution in [0.5, 0.6) is 11.5 Å². The molecule has 5 rings (SSSR count). The molecule has 0 bridgehead atoms. The molecule has 3 aromatic rings. The summed E-state index contributed by atoms with van der Waals surface area (Å²) in [6.45, 7) is 7.17. The van der Waals surface area contributed by atoms with Crippen molar-refractivity contribution >= 4 is 0 Å². The lowest BCUT2D eigenvalue weighted by Crippen LogP contribution is -2.19. The molecule has 0 N–H and O–H groups in total. The van der Waals surface area contributed by atoms with Crippen LogP contribution in [0.2, 0.25) is 0 Å². The average Bonchev–Trinajstić information content (AvgIpc) is 3.61. The Labute approximate surface area is 217 Å². The summed E-state index contributed by atoms with van der Waals surface area (Å²) >= 11 is 0. The molecule has 1 saturated carbocycles. The number of rotatable bonds is 11. The lowest BCUT2D eigenvalue weighted by molar-refractivity contribution is 0.271. The fourth-order valence-electron chi connectivity index (χ4n) is 5.73. The molecule has 0 amide bonds. The van der Waals surface area contributed by atoms with Gasteiger partial charge in [0, 0.05) is 19.0 Å². The summed E-state index contributed by atoms with van der Waals surface area (Å²) in [6.07, 6.45) is 10.2. The minimum atomic E-state index is 0.569. The second-order valence-electron chi connectivity index (χ2n) is 10.8. The third-order valence-corrected chi connectivity index (χ3v) is 7.94. The van der Waals surface area contributed by atoms with Gasteiger partial charge in [-0.3, -0.25) is 4.90 Å². The highest BCUT2D eigenvalue weighted by atomic mass is 16.5. The molecule has 1 aliphatic carbocycles. The van der Waals surface area contributed by atoms with Crippen LogP contribution in [0.1, 0.15) is 72.8 Å². The Morgan fingerprint density at radius 2 is 1.56 bits per heavy atom. The Hall–Kier alpha value is -2.78. The third-order valence-electron chi connectivity index (χ3n) is 7.94. The van der Waals surface area contributed by atoms with E-state index in [4.69, 9.17) is 9.47 Å². The fourth-order valence-corrected chi connectivity index (χ4v) is 5.73. The number of likely N-dealkylation sites (tertiary alicyclic amines) is 1. The second kappa shape index (κ2) is 12.5. The van der Waals surface area contributed by atoms with Gasteiger partial charge in [0.15, 0.2) is 0 Å². The molecular formula is C33H41NO2. The molecule has 2 aliphatic rings. The van der Waals surface area contributed by atoms with Gasteiger partial charge in [0.1, 0.15) is 18.1 Å². The molecule has 0 aromatic heterocycles. The van der Waals surface area contributed by atoms with E-state index in [2.05, 4.69) is 72.5 Å². The van der Waals surface area contributed by atoms with Gasteiger partial charge in [0.05, 0.1) is 6.61 Å². The first kappa shape index (κ1) is 24.9. The molecule has 0 spiro atoms. The molecular weight excluding hydrogens is 442 g/mol. The molecule has 0 unspecified atom stereocenters. The van der Waals surface area contributed by atoms with Crippen LogP contribution in [0.25, 0.3) is 0 Å². The van der Waals surface area contributed by atoms with E-state index in [1.165, 1.54) is 79.4 Å². The molecule has 0 atom stereocenters. The van der Waals surface area contributed by atoms with Gasteiger partial charge in [-0.15, -0.1) is 0 Å². The van der Waals surface area contributed by atoms with E-state index >= 15 is 0 Å². The molecule has 2 fully saturated rings. The van der Waals surface area contributed by atoms with Gasteiger partial charge in [-0.2, -0.15) is 0 Å². The smallest absolute Gasteiger partial charge is 0.126 e. The zero-order valence-electron chi connectivity index (χ0n) is 21.9. The Kier molecular flexibility index (Phi) is 8.61. The van der Waals surface area contributed by atoms with E-state index in [9.17, 15) is 0 Å². The van der Waals surface area contributed by atoms with Crippen LogP contribution in [-0.2, 0) is 19.6 Å². The molecule has 36 heavy (non-hydrogen) atoms. The predicted octanol–water partition coefficient (Wildman–Crippen LogP) is 7.72. The highest BCUT2D eigenvalue weighted by Crippen LogP contribution is 2.31. The number of ether oxygens (including phenoxy) is 2. The average molecular weight is 484 g/mol. The van der Waals surface area contributed by atoms with Crippen molar-refractivity contribution in [3.8, 4) is 11.5 Å². The molecule has 1 aliphatic heterocycles. The Morgan fingerprint density at radius 1 is 0.778 bits per heavy atom. The maximum Gasteiger partial charge on any atom is 0.126 e. The first-order valence-corrected chi connectivity index (χ1v) is 14.0. The number of benzene rings is 3. The minimum Gasteiger partial charge on any atom is -0.493 e. The van der Waals surface area contributed by atoms with E-state index in [1.54, 1.807) is 0 Å². The van der Waals surface area contributed by atoms with Crippen molar-refractivity contribution in [2.24, 2.45) is 5.92 Å². The first-order chi connectivity index (χ1) is 17.7. The summed E-state index contributed by atoms with van der Waals surface area (Å²) in [5, 5.41) is 0. The van der Waals surface area contributed by atoms with Gasteiger partial charge in [-0.1, -0.05) is 80.3 Å². The summed E-state index contributed by atoms with van der Waals surface area (Å²) < 4.78 is 12.6. The van der Waals surface area contributed by atoms with Crippen molar-refractivity contribution < 1.29 is 9.47 Å². The summed E-state index contributed by atoms with van der Waals surface area (Å²) in [7, 11) is 0. The fraction of sp³-hybridized carbons (Fsp3) is 0.455. The molecule has 3 nitrogen and oxygen atoms in total. The topological polar surface area (TPSA) is 21.7 Å². The molecule has 0 radical (unpaired) electrons. The molecule has 190 valence electrons. The van der Waals surface area contributed by atoms with Crippen molar-refractivity contribution in [3.63, 3.8) is 0 Å². The van der Waals surface area contributed by atoms with Crippen LogP contribution in [0.3, 0.4) is 0 Å². The van der Waals surface area contributed by atoms with Gasteiger partial charge < -0.3 is 9.47 Å². The maximum atomic E-state index is 6.42. The Bertz CT molecular complexity index is 1100. The van der Waals surface area contributed by atoms with Gasteiger partial charge in [-0.25, -0.2) is 0 Å². The molecule has 3 heteroatoms. The van der Waals surface area contributed by atoms with E-state index in [0.29, 0.717) is 6.61 Å². The Morgan fingerprint density at radius 3 is 2.33 bits per heavy atom. The number of aryl methyl sites for hydroxylation is 1. The van der Waals surface area contributed by atoms with E-state index in [-0.39, 0.29) is 0 Å². The number of hydrogen-bond acceptors (Lipinski definition) is 3. The number of hydrogen-bond donors (Lipinski definition) is 0. The van der Waals surface area contributed by atoms with Crippen LogP contribution in [0.4, 0.5) is 0 Å². The van der Waals surface area contributed by atoms with Crippen LogP contribution in [-0.4, -0.2) is 24.6 Å². The quantitative estimate of drug-likeness (QED) is 0.279. The SMILES string of the molecule is Cc1cc(Cc2ccc(OCc3ccccc3)cc2OCCC2CCCC2)ccc1CN1CCCC1. The highest BCUT2D eigenvalue weighted by molar-refractivity contribution is 5.44. The van der Waals surface area contributed by atoms with Crippen molar-refractivity contribution in [1.29, 1.82) is 0 Å². The summed E-state index contributed by atoms with van der Waals surface area (Å²) in [4.78, 5) is 2.58.